The topological polar surface area (TPSA) is 113 Å². The molecule has 1 aromatic carbocycles. The van der Waals surface area contributed by atoms with E-state index in [4.69, 9.17) is 10.2 Å². The number of rotatable bonds is 9. The number of nitrogens with one attached hydrogen (secondary N) is 1. The first-order valence-corrected chi connectivity index (χ1v) is 6.86. The molecule has 0 bridgehead atoms. The molecule has 0 radical (unpaired) electrons. The summed E-state index contributed by atoms with van der Waals surface area (Å²) in [6.07, 6.45) is 2.53. The van der Waals surface area contributed by atoms with Gasteiger partial charge in [0.15, 0.2) is 0 Å². The predicted molar refractivity (Wildman–Crippen MR) is 78.6 cm³/mol. The van der Waals surface area contributed by atoms with Gasteiger partial charge in [0, 0.05) is 31.0 Å². The van der Waals surface area contributed by atoms with Gasteiger partial charge in [-0.3, -0.25) is 10.1 Å². The van der Waals surface area contributed by atoms with Gasteiger partial charge in [0.25, 0.3) is 5.69 Å². The Morgan fingerprint density at radius 1 is 1.43 bits per heavy atom. The van der Waals surface area contributed by atoms with Crippen LogP contribution in [0.3, 0.4) is 0 Å². The fourth-order valence-electron chi connectivity index (χ4n) is 2.17. The highest BCUT2D eigenvalue weighted by atomic mass is 16.6. The summed E-state index contributed by atoms with van der Waals surface area (Å²) in [7, 11) is 0. The van der Waals surface area contributed by atoms with Crippen LogP contribution in [0.15, 0.2) is 18.2 Å². The molecule has 21 heavy (non-hydrogen) atoms. The molecular formula is C14H20N2O5. The average Bonchev–Trinajstić information content (AvgIpc) is 2.44. The van der Waals surface area contributed by atoms with Gasteiger partial charge >= 0.3 is 5.97 Å². The minimum Gasteiger partial charge on any atom is -0.478 e. The summed E-state index contributed by atoms with van der Waals surface area (Å²) in [5.74, 6) is -0.979. The van der Waals surface area contributed by atoms with Crippen molar-refractivity contribution in [3.05, 3.63) is 33.9 Å². The fourth-order valence-corrected chi connectivity index (χ4v) is 2.17. The van der Waals surface area contributed by atoms with Crippen LogP contribution in [0.25, 0.3) is 0 Å². The summed E-state index contributed by atoms with van der Waals surface area (Å²) in [5, 5.41) is 31.8. The molecule has 0 aliphatic carbocycles. The zero-order chi connectivity index (χ0) is 15.8. The Labute approximate surface area is 122 Å². The maximum Gasteiger partial charge on any atom is 0.338 e. The molecule has 0 saturated carbocycles. The van der Waals surface area contributed by atoms with Gasteiger partial charge in [-0.1, -0.05) is 13.3 Å². The molecule has 116 valence electrons. The van der Waals surface area contributed by atoms with Crippen molar-refractivity contribution >= 4 is 17.3 Å². The van der Waals surface area contributed by atoms with Gasteiger partial charge in [0.1, 0.15) is 0 Å². The van der Waals surface area contributed by atoms with E-state index in [0.717, 1.165) is 18.9 Å². The predicted octanol–water partition coefficient (Wildman–Crippen LogP) is 2.50. The molecule has 0 aliphatic rings. The number of aromatic carboxylic acids is 1. The van der Waals surface area contributed by atoms with E-state index in [2.05, 4.69) is 5.32 Å². The van der Waals surface area contributed by atoms with Crippen molar-refractivity contribution in [1.29, 1.82) is 0 Å². The van der Waals surface area contributed by atoms with E-state index in [1.165, 1.54) is 12.1 Å². The first-order chi connectivity index (χ1) is 9.99. The molecule has 0 amide bonds. The number of aliphatic hydroxyl groups excluding tert-OH is 1. The van der Waals surface area contributed by atoms with Gasteiger partial charge in [-0.2, -0.15) is 0 Å². The average molecular weight is 296 g/mol. The molecule has 0 spiro atoms. The normalized spacial score (nSPS) is 11.9. The summed E-state index contributed by atoms with van der Waals surface area (Å²) in [5.41, 5.74) is -0.0194. The van der Waals surface area contributed by atoms with Crippen LogP contribution in [0, 0.1) is 16.0 Å². The highest BCUT2D eigenvalue weighted by Crippen LogP contribution is 2.23. The number of hydrogen-bond donors (Lipinski definition) is 3. The first-order valence-electron chi connectivity index (χ1n) is 6.86. The summed E-state index contributed by atoms with van der Waals surface area (Å²) in [6, 6.07) is 3.73. The van der Waals surface area contributed by atoms with Gasteiger partial charge in [-0.05, 0) is 24.8 Å². The Morgan fingerprint density at radius 2 is 2.14 bits per heavy atom. The number of nitro benzene ring substituents is 1. The molecule has 0 heterocycles. The largest absolute Gasteiger partial charge is 0.478 e. The van der Waals surface area contributed by atoms with Crippen LogP contribution in [-0.2, 0) is 0 Å². The maximum atomic E-state index is 11.2. The van der Waals surface area contributed by atoms with E-state index in [1.807, 2.05) is 6.92 Å². The van der Waals surface area contributed by atoms with Crippen molar-refractivity contribution in [1.82, 2.24) is 0 Å². The second-order valence-corrected chi connectivity index (χ2v) is 4.84. The van der Waals surface area contributed by atoms with Crippen molar-refractivity contribution in [2.75, 3.05) is 18.5 Å². The van der Waals surface area contributed by atoms with Crippen LogP contribution in [0.2, 0.25) is 0 Å². The molecule has 0 saturated heterocycles. The Kier molecular flexibility index (Phi) is 6.61. The van der Waals surface area contributed by atoms with Gasteiger partial charge in [0.2, 0.25) is 0 Å². The van der Waals surface area contributed by atoms with Crippen molar-refractivity contribution in [3.8, 4) is 0 Å². The van der Waals surface area contributed by atoms with E-state index < -0.39 is 10.9 Å². The van der Waals surface area contributed by atoms with Gasteiger partial charge in [0.05, 0.1) is 10.5 Å². The number of anilines is 1. The van der Waals surface area contributed by atoms with E-state index >= 15 is 0 Å². The number of aliphatic hydroxyl groups is 1. The quantitative estimate of drug-likeness (QED) is 0.476. The summed E-state index contributed by atoms with van der Waals surface area (Å²) < 4.78 is 0. The summed E-state index contributed by atoms with van der Waals surface area (Å²) in [4.78, 5) is 21.3. The lowest BCUT2D eigenvalue weighted by atomic mass is 10.00. The smallest absolute Gasteiger partial charge is 0.338 e. The number of nitro groups is 1. The van der Waals surface area contributed by atoms with Gasteiger partial charge < -0.3 is 15.5 Å². The molecule has 7 nitrogen and oxygen atoms in total. The Morgan fingerprint density at radius 3 is 2.67 bits per heavy atom. The minimum atomic E-state index is -1.21. The zero-order valence-electron chi connectivity index (χ0n) is 11.9. The van der Waals surface area contributed by atoms with Crippen LogP contribution in [0.4, 0.5) is 11.4 Å². The Hall–Kier alpha value is -2.15. The monoisotopic (exact) mass is 296 g/mol. The third-order valence-corrected chi connectivity index (χ3v) is 3.26. The van der Waals surface area contributed by atoms with Crippen molar-refractivity contribution in [2.24, 2.45) is 5.92 Å². The van der Waals surface area contributed by atoms with Crippen LogP contribution >= 0.6 is 0 Å². The third-order valence-electron chi connectivity index (χ3n) is 3.26. The van der Waals surface area contributed by atoms with Crippen molar-refractivity contribution < 1.29 is 19.9 Å². The lowest BCUT2D eigenvalue weighted by Gasteiger charge is -2.17. The van der Waals surface area contributed by atoms with Crippen LogP contribution < -0.4 is 5.32 Å². The van der Waals surface area contributed by atoms with Crippen molar-refractivity contribution in [3.63, 3.8) is 0 Å². The molecule has 0 fully saturated rings. The third kappa shape index (κ3) is 5.03. The molecule has 3 N–H and O–H groups in total. The van der Waals surface area contributed by atoms with E-state index in [1.54, 1.807) is 0 Å². The number of benzene rings is 1. The minimum absolute atomic E-state index is 0.0817. The lowest BCUT2D eigenvalue weighted by molar-refractivity contribution is -0.384. The van der Waals surface area contributed by atoms with Crippen LogP contribution in [-0.4, -0.2) is 34.3 Å². The Balaban J connectivity index is 2.86. The lowest BCUT2D eigenvalue weighted by Crippen LogP contribution is -2.17. The molecule has 0 aliphatic heterocycles. The number of carboxylic acid groups (broad SMARTS) is 1. The highest BCUT2D eigenvalue weighted by Gasteiger charge is 2.16. The number of carboxylic acids is 1. The number of hydrogen-bond acceptors (Lipinski definition) is 5. The molecule has 1 aromatic rings. The molecule has 0 aromatic heterocycles. The van der Waals surface area contributed by atoms with E-state index in [9.17, 15) is 14.9 Å². The number of non-ortho nitro benzene ring substituents is 1. The summed E-state index contributed by atoms with van der Waals surface area (Å²) >= 11 is 0. The fraction of sp³-hybridized carbons (Fsp3) is 0.500. The SMILES string of the molecule is CCCC(CCO)CNc1ccc([N+](=O)[O-])cc1C(=O)O. The standard InChI is InChI=1S/C14H20N2O5/c1-2-3-10(6-7-17)9-15-13-5-4-11(16(20)21)8-12(13)14(18)19/h4-5,8,10,15,17H,2-3,6-7,9H2,1H3,(H,18,19). The van der Waals surface area contributed by atoms with E-state index in [0.29, 0.717) is 18.7 Å². The second kappa shape index (κ2) is 8.21. The zero-order valence-corrected chi connectivity index (χ0v) is 11.9. The van der Waals surface area contributed by atoms with Gasteiger partial charge in [-0.25, -0.2) is 4.79 Å². The molecular weight excluding hydrogens is 276 g/mol. The molecule has 7 heteroatoms. The maximum absolute atomic E-state index is 11.2. The van der Waals surface area contributed by atoms with Crippen LogP contribution in [0.5, 0.6) is 0 Å². The highest BCUT2D eigenvalue weighted by molar-refractivity contribution is 5.95. The summed E-state index contributed by atoms with van der Waals surface area (Å²) in [6.45, 7) is 2.64. The van der Waals surface area contributed by atoms with E-state index in [-0.39, 0.29) is 23.8 Å². The number of carbonyl (C=O) groups is 1. The second-order valence-electron chi connectivity index (χ2n) is 4.84. The van der Waals surface area contributed by atoms with Crippen molar-refractivity contribution in [2.45, 2.75) is 26.2 Å². The molecule has 1 unspecified atom stereocenters. The Bertz CT molecular complexity index is 498. The molecule has 1 rings (SSSR count). The van der Waals surface area contributed by atoms with Crippen LogP contribution in [0.1, 0.15) is 36.5 Å². The van der Waals surface area contributed by atoms with Gasteiger partial charge in [-0.15, -0.1) is 0 Å². The molecule has 1 atom stereocenters. The number of nitrogens with zero attached hydrogens (tertiary/aromatic N) is 1. The first kappa shape index (κ1) is 16.9.